The highest BCUT2D eigenvalue weighted by atomic mass is 15.2. The van der Waals surface area contributed by atoms with Gasteiger partial charge in [-0.05, 0) is 25.3 Å². The smallest absolute Gasteiger partial charge is 0.0279 e. The number of benzene rings is 1. The van der Waals surface area contributed by atoms with Crippen LogP contribution in [0.25, 0.3) is 0 Å². The SMILES string of the molecule is CC(NN)C1(c2ccccc2)CCC1. The van der Waals surface area contributed by atoms with E-state index in [2.05, 4.69) is 42.7 Å². The van der Waals surface area contributed by atoms with Crippen molar-refractivity contribution in [2.45, 2.75) is 37.6 Å². The van der Waals surface area contributed by atoms with Gasteiger partial charge < -0.3 is 0 Å². The van der Waals surface area contributed by atoms with Crippen LogP contribution < -0.4 is 11.3 Å². The van der Waals surface area contributed by atoms with E-state index in [0.717, 1.165) is 0 Å². The molecule has 0 radical (unpaired) electrons. The van der Waals surface area contributed by atoms with Crippen molar-refractivity contribution in [1.29, 1.82) is 0 Å². The highest BCUT2D eigenvalue weighted by Crippen LogP contribution is 2.46. The van der Waals surface area contributed by atoms with E-state index >= 15 is 0 Å². The molecule has 2 rings (SSSR count). The average Bonchev–Trinajstić information content (AvgIpc) is 2.17. The van der Waals surface area contributed by atoms with E-state index in [1.807, 2.05) is 0 Å². The zero-order chi connectivity index (χ0) is 10.0. The summed E-state index contributed by atoms with van der Waals surface area (Å²) in [7, 11) is 0. The third-order valence-electron chi connectivity index (χ3n) is 3.67. The molecule has 1 saturated carbocycles. The molecule has 1 fully saturated rings. The zero-order valence-electron chi connectivity index (χ0n) is 8.66. The molecular formula is C12H18N2. The number of nitrogens with two attached hydrogens (primary N) is 1. The Morgan fingerprint density at radius 2 is 1.93 bits per heavy atom. The van der Waals surface area contributed by atoms with E-state index in [9.17, 15) is 0 Å². The van der Waals surface area contributed by atoms with Crippen LogP contribution in [0.5, 0.6) is 0 Å². The molecule has 1 aromatic rings. The quantitative estimate of drug-likeness (QED) is 0.565. The third kappa shape index (κ3) is 1.35. The van der Waals surface area contributed by atoms with Crippen LogP contribution in [0.1, 0.15) is 31.7 Å². The zero-order valence-corrected chi connectivity index (χ0v) is 8.66. The maximum Gasteiger partial charge on any atom is 0.0279 e. The third-order valence-corrected chi connectivity index (χ3v) is 3.67. The molecule has 1 aliphatic carbocycles. The maximum absolute atomic E-state index is 5.55. The topological polar surface area (TPSA) is 38.0 Å². The summed E-state index contributed by atoms with van der Waals surface area (Å²) in [5.41, 5.74) is 4.62. The van der Waals surface area contributed by atoms with Crippen molar-refractivity contribution in [2.24, 2.45) is 5.84 Å². The van der Waals surface area contributed by atoms with Gasteiger partial charge in [0.1, 0.15) is 0 Å². The standard InChI is InChI=1S/C12H18N2/c1-10(14-13)12(8-5-9-12)11-6-3-2-4-7-11/h2-4,6-7,10,14H,5,8-9,13H2,1H3. The lowest BCUT2D eigenvalue weighted by Gasteiger charge is -2.46. The minimum atomic E-state index is 0.288. The van der Waals surface area contributed by atoms with E-state index in [-0.39, 0.29) is 5.41 Å². The van der Waals surface area contributed by atoms with Crippen LogP contribution in [-0.4, -0.2) is 6.04 Å². The van der Waals surface area contributed by atoms with Gasteiger partial charge in [0.2, 0.25) is 0 Å². The van der Waals surface area contributed by atoms with Crippen molar-refractivity contribution in [1.82, 2.24) is 5.43 Å². The Hall–Kier alpha value is -0.860. The first-order chi connectivity index (χ1) is 6.79. The molecule has 0 heterocycles. The normalized spacial score (nSPS) is 21.3. The fourth-order valence-electron chi connectivity index (χ4n) is 2.46. The van der Waals surface area contributed by atoms with E-state index in [1.165, 1.54) is 24.8 Å². The second kappa shape index (κ2) is 3.71. The lowest BCUT2D eigenvalue weighted by molar-refractivity contribution is 0.180. The predicted molar refractivity (Wildman–Crippen MR) is 58.8 cm³/mol. The maximum atomic E-state index is 5.55. The summed E-state index contributed by atoms with van der Waals surface area (Å²) < 4.78 is 0. The lowest BCUT2D eigenvalue weighted by Crippen LogP contribution is -2.53. The van der Waals surface area contributed by atoms with E-state index in [4.69, 9.17) is 5.84 Å². The summed E-state index contributed by atoms with van der Waals surface area (Å²) in [6.07, 6.45) is 3.83. The first-order valence-electron chi connectivity index (χ1n) is 5.31. The molecule has 0 aromatic heterocycles. The van der Waals surface area contributed by atoms with Crippen LogP contribution in [0, 0.1) is 0 Å². The van der Waals surface area contributed by atoms with Gasteiger partial charge in [0.25, 0.3) is 0 Å². The second-order valence-electron chi connectivity index (χ2n) is 4.26. The molecule has 1 atom stereocenters. The molecule has 0 aliphatic heterocycles. The molecule has 76 valence electrons. The van der Waals surface area contributed by atoms with Crippen molar-refractivity contribution in [3.05, 3.63) is 35.9 Å². The molecule has 2 heteroatoms. The van der Waals surface area contributed by atoms with Crippen molar-refractivity contribution in [3.63, 3.8) is 0 Å². The molecular weight excluding hydrogens is 172 g/mol. The molecule has 1 aliphatic rings. The minimum absolute atomic E-state index is 0.288. The predicted octanol–water partition coefficient (Wildman–Crippen LogP) is 1.96. The van der Waals surface area contributed by atoms with Crippen LogP contribution in [-0.2, 0) is 5.41 Å². The first kappa shape index (κ1) is 9.69. The molecule has 0 amide bonds. The van der Waals surface area contributed by atoms with Crippen molar-refractivity contribution >= 4 is 0 Å². The number of hydrogen-bond acceptors (Lipinski definition) is 2. The van der Waals surface area contributed by atoms with Crippen LogP contribution in [0.2, 0.25) is 0 Å². The molecule has 0 bridgehead atoms. The summed E-state index contributed by atoms with van der Waals surface area (Å²) in [5, 5.41) is 0. The van der Waals surface area contributed by atoms with Crippen LogP contribution in [0.3, 0.4) is 0 Å². The van der Waals surface area contributed by atoms with Crippen LogP contribution in [0.15, 0.2) is 30.3 Å². The van der Waals surface area contributed by atoms with Crippen molar-refractivity contribution < 1.29 is 0 Å². The lowest BCUT2D eigenvalue weighted by atomic mass is 9.60. The van der Waals surface area contributed by atoms with Gasteiger partial charge in [-0.15, -0.1) is 0 Å². The van der Waals surface area contributed by atoms with Gasteiger partial charge in [0.15, 0.2) is 0 Å². The van der Waals surface area contributed by atoms with Gasteiger partial charge in [-0.1, -0.05) is 36.8 Å². The Labute approximate surface area is 85.5 Å². The minimum Gasteiger partial charge on any atom is -0.271 e. The number of hydrogen-bond donors (Lipinski definition) is 2. The number of nitrogens with one attached hydrogen (secondary N) is 1. The molecule has 3 N–H and O–H groups in total. The summed E-state index contributed by atoms with van der Waals surface area (Å²) in [5.74, 6) is 5.55. The summed E-state index contributed by atoms with van der Waals surface area (Å²) in [6.45, 7) is 2.17. The highest BCUT2D eigenvalue weighted by Gasteiger charge is 2.42. The van der Waals surface area contributed by atoms with Crippen LogP contribution in [0.4, 0.5) is 0 Å². The molecule has 1 unspecified atom stereocenters. The molecule has 1 aromatic carbocycles. The monoisotopic (exact) mass is 190 g/mol. The first-order valence-corrected chi connectivity index (χ1v) is 5.31. The van der Waals surface area contributed by atoms with E-state index in [0.29, 0.717) is 6.04 Å². The Morgan fingerprint density at radius 1 is 1.29 bits per heavy atom. The van der Waals surface area contributed by atoms with Gasteiger partial charge in [0.05, 0.1) is 0 Å². The molecule has 14 heavy (non-hydrogen) atoms. The fraction of sp³-hybridized carbons (Fsp3) is 0.500. The van der Waals surface area contributed by atoms with Gasteiger partial charge in [-0.3, -0.25) is 11.3 Å². The summed E-state index contributed by atoms with van der Waals surface area (Å²) in [4.78, 5) is 0. The summed E-state index contributed by atoms with van der Waals surface area (Å²) >= 11 is 0. The fourth-order valence-corrected chi connectivity index (χ4v) is 2.46. The number of hydrazine groups is 1. The van der Waals surface area contributed by atoms with Crippen molar-refractivity contribution in [2.75, 3.05) is 0 Å². The van der Waals surface area contributed by atoms with Gasteiger partial charge in [-0.25, -0.2) is 0 Å². The average molecular weight is 190 g/mol. The Morgan fingerprint density at radius 3 is 2.36 bits per heavy atom. The van der Waals surface area contributed by atoms with E-state index in [1.54, 1.807) is 0 Å². The molecule has 0 spiro atoms. The molecule has 0 saturated heterocycles. The van der Waals surface area contributed by atoms with Crippen LogP contribution >= 0.6 is 0 Å². The molecule has 2 nitrogen and oxygen atoms in total. The van der Waals surface area contributed by atoms with Gasteiger partial charge >= 0.3 is 0 Å². The van der Waals surface area contributed by atoms with Crippen molar-refractivity contribution in [3.8, 4) is 0 Å². The Balaban J connectivity index is 2.29. The van der Waals surface area contributed by atoms with Gasteiger partial charge in [-0.2, -0.15) is 0 Å². The second-order valence-corrected chi connectivity index (χ2v) is 4.26. The van der Waals surface area contributed by atoms with Gasteiger partial charge in [0, 0.05) is 11.5 Å². The van der Waals surface area contributed by atoms with E-state index < -0.39 is 0 Å². The largest absolute Gasteiger partial charge is 0.271 e. The Kier molecular flexibility index (Phi) is 2.57. The summed E-state index contributed by atoms with van der Waals surface area (Å²) in [6, 6.07) is 11.1. The Bertz CT molecular complexity index is 290. The highest BCUT2D eigenvalue weighted by molar-refractivity contribution is 5.30. The number of rotatable bonds is 3.